The molecule has 1 aromatic rings. The van der Waals surface area contributed by atoms with Gasteiger partial charge in [0, 0.05) is 12.2 Å². The third kappa shape index (κ3) is 3.53. The van der Waals surface area contributed by atoms with Gasteiger partial charge in [-0.15, -0.1) is 0 Å². The monoisotopic (exact) mass is 319 g/mol. The molecule has 1 aliphatic carbocycles. The van der Waals surface area contributed by atoms with E-state index in [1.165, 1.54) is 0 Å². The van der Waals surface area contributed by atoms with Gasteiger partial charge in [0.25, 0.3) is 0 Å². The lowest BCUT2D eigenvalue weighted by Crippen LogP contribution is -2.36. The van der Waals surface area contributed by atoms with Crippen LogP contribution >= 0.6 is 27.5 Å². The van der Waals surface area contributed by atoms with Crippen molar-refractivity contribution < 1.29 is 5.11 Å². The second kappa shape index (κ2) is 5.08. The minimum absolute atomic E-state index is 0.235. The van der Waals surface area contributed by atoms with Crippen LogP contribution in [0.2, 0.25) is 5.28 Å². The minimum Gasteiger partial charge on any atom is -0.390 e. The van der Waals surface area contributed by atoms with E-state index in [1.807, 2.05) is 6.92 Å². The molecule has 1 fully saturated rings. The van der Waals surface area contributed by atoms with E-state index in [0.29, 0.717) is 6.04 Å². The number of hydrogen-bond donors (Lipinski definition) is 2. The third-order valence-electron chi connectivity index (χ3n) is 3.12. The SMILES string of the molecule is CC1(O)CCC(Nc2nc(Cl)ncc2Br)CC1. The van der Waals surface area contributed by atoms with E-state index in [1.54, 1.807) is 6.20 Å². The molecule has 94 valence electrons. The number of halogens is 2. The summed E-state index contributed by atoms with van der Waals surface area (Å²) in [6.45, 7) is 1.89. The Morgan fingerprint density at radius 1 is 1.53 bits per heavy atom. The summed E-state index contributed by atoms with van der Waals surface area (Å²) in [7, 11) is 0. The summed E-state index contributed by atoms with van der Waals surface area (Å²) >= 11 is 9.14. The largest absolute Gasteiger partial charge is 0.390 e. The molecule has 0 unspecified atom stereocenters. The standard InChI is InChI=1S/C11H15BrClN3O/c1-11(17)4-2-7(3-5-11)15-9-8(12)6-14-10(13)16-9/h6-7,17H,2-5H2,1H3,(H,14,15,16). The number of rotatable bonds is 2. The van der Waals surface area contributed by atoms with Crippen LogP contribution in [0.5, 0.6) is 0 Å². The van der Waals surface area contributed by atoms with Crippen molar-refractivity contribution >= 4 is 33.3 Å². The Labute approximate surface area is 114 Å². The van der Waals surface area contributed by atoms with E-state index in [-0.39, 0.29) is 5.28 Å². The Morgan fingerprint density at radius 2 is 2.18 bits per heavy atom. The molecule has 0 atom stereocenters. The zero-order valence-corrected chi connectivity index (χ0v) is 11.9. The molecule has 0 aromatic carbocycles. The maximum atomic E-state index is 9.87. The molecule has 1 heterocycles. The average molecular weight is 321 g/mol. The fourth-order valence-corrected chi connectivity index (χ4v) is 2.46. The van der Waals surface area contributed by atoms with Crippen LogP contribution in [0.1, 0.15) is 32.6 Å². The van der Waals surface area contributed by atoms with Gasteiger partial charge in [-0.05, 0) is 60.1 Å². The molecule has 1 aliphatic rings. The smallest absolute Gasteiger partial charge is 0.224 e. The number of hydrogen-bond acceptors (Lipinski definition) is 4. The molecule has 4 nitrogen and oxygen atoms in total. The van der Waals surface area contributed by atoms with Gasteiger partial charge in [0.15, 0.2) is 0 Å². The Hall–Kier alpha value is -0.390. The number of aromatic nitrogens is 2. The van der Waals surface area contributed by atoms with Crippen LogP contribution in [0.25, 0.3) is 0 Å². The summed E-state index contributed by atoms with van der Waals surface area (Å²) < 4.78 is 0.805. The highest BCUT2D eigenvalue weighted by atomic mass is 79.9. The Balaban J connectivity index is 2.00. The lowest BCUT2D eigenvalue weighted by molar-refractivity contribution is 0.0196. The molecular formula is C11H15BrClN3O. The second-order valence-electron chi connectivity index (χ2n) is 4.75. The Bertz CT molecular complexity index is 404. The average Bonchev–Trinajstić information content (AvgIpc) is 2.26. The van der Waals surface area contributed by atoms with E-state index in [2.05, 4.69) is 31.2 Å². The fraction of sp³-hybridized carbons (Fsp3) is 0.636. The maximum absolute atomic E-state index is 9.87. The summed E-state index contributed by atoms with van der Waals surface area (Å²) in [5.74, 6) is 0.719. The van der Waals surface area contributed by atoms with Crippen molar-refractivity contribution in [3.8, 4) is 0 Å². The van der Waals surface area contributed by atoms with Gasteiger partial charge in [-0.3, -0.25) is 0 Å². The van der Waals surface area contributed by atoms with Crippen LogP contribution in [0.15, 0.2) is 10.7 Å². The van der Waals surface area contributed by atoms with Crippen LogP contribution in [-0.2, 0) is 0 Å². The van der Waals surface area contributed by atoms with Crippen molar-refractivity contribution in [3.05, 3.63) is 16.0 Å². The highest BCUT2D eigenvalue weighted by Crippen LogP contribution is 2.30. The molecule has 2 rings (SSSR count). The van der Waals surface area contributed by atoms with Crippen LogP contribution in [0.4, 0.5) is 5.82 Å². The number of anilines is 1. The van der Waals surface area contributed by atoms with E-state index >= 15 is 0 Å². The van der Waals surface area contributed by atoms with Gasteiger partial charge in [0.2, 0.25) is 5.28 Å². The maximum Gasteiger partial charge on any atom is 0.224 e. The fourth-order valence-electron chi connectivity index (χ4n) is 2.02. The summed E-state index contributed by atoms with van der Waals surface area (Å²) in [5, 5.41) is 13.4. The number of aliphatic hydroxyl groups is 1. The van der Waals surface area contributed by atoms with Crippen molar-refractivity contribution in [3.63, 3.8) is 0 Å². The molecular weight excluding hydrogens is 305 g/mol. The summed E-state index contributed by atoms with van der Waals surface area (Å²) in [4.78, 5) is 8.02. The summed E-state index contributed by atoms with van der Waals surface area (Å²) in [6, 6.07) is 0.331. The topological polar surface area (TPSA) is 58.0 Å². The van der Waals surface area contributed by atoms with E-state index < -0.39 is 5.60 Å². The van der Waals surface area contributed by atoms with Gasteiger partial charge < -0.3 is 10.4 Å². The molecule has 1 aromatic heterocycles. The Morgan fingerprint density at radius 3 is 2.82 bits per heavy atom. The Kier molecular flexibility index (Phi) is 3.90. The van der Waals surface area contributed by atoms with Gasteiger partial charge in [-0.25, -0.2) is 4.98 Å². The van der Waals surface area contributed by atoms with Crippen molar-refractivity contribution in [2.75, 3.05) is 5.32 Å². The van der Waals surface area contributed by atoms with E-state index in [0.717, 1.165) is 36.0 Å². The van der Waals surface area contributed by atoms with Crippen LogP contribution in [-0.4, -0.2) is 26.7 Å². The van der Waals surface area contributed by atoms with Crippen LogP contribution < -0.4 is 5.32 Å². The predicted octanol–water partition coefficient (Wildman–Crippen LogP) is 3.00. The van der Waals surface area contributed by atoms with E-state index in [9.17, 15) is 5.11 Å². The first-order valence-electron chi connectivity index (χ1n) is 5.63. The van der Waals surface area contributed by atoms with Gasteiger partial charge in [0.1, 0.15) is 5.82 Å². The number of nitrogens with one attached hydrogen (secondary N) is 1. The van der Waals surface area contributed by atoms with Crippen molar-refractivity contribution in [2.45, 2.75) is 44.2 Å². The summed E-state index contributed by atoms with van der Waals surface area (Å²) in [5.41, 5.74) is -0.515. The molecule has 0 amide bonds. The normalized spacial score (nSPS) is 29.1. The molecule has 1 saturated carbocycles. The molecule has 0 spiro atoms. The zero-order chi connectivity index (χ0) is 12.5. The zero-order valence-electron chi connectivity index (χ0n) is 9.58. The van der Waals surface area contributed by atoms with Gasteiger partial charge >= 0.3 is 0 Å². The highest BCUT2D eigenvalue weighted by molar-refractivity contribution is 9.10. The van der Waals surface area contributed by atoms with Crippen molar-refractivity contribution in [2.24, 2.45) is 0 Å². The third-order valence-corrected chi connectivity index (χ3v) is 3.88. The minimum atomic E-state index is -0.515. The predicted molar refractivity (Wildman–Crippen MR) is 71.2 cm³/mol. The lowest BCUT2D eigenvalue weighted by atomic mass is 9.84. The first kappa shape index (κ1) is 13.1. The summed E-state index contributed by atoms with van der Waals surface area (Å²) in [6.07, 6.45) is 5.11. The van der Waals surface area contributed by atoms with Crippen LogP contribution in [0.3, 0.4) is 0 Å². The first-order chi connectivity index (χ1) is 7.96. The quantitative estimate of drug-likeness (QED) is 0.823. The van der Waals surface area contributed by atoms with Gasteiger partial charge in [0.05, 0.1) is 10.1 Å². The van der Waals surface area contributed by atoms with E-state index in [4.69, 9.17) is 11.6 Å². The first-order valence-corrected chi connectivity index (χ1v) is 6.80. The number of nitrogens with zero attached hydrogens (tertiary/aromatic N) is 2. The second-order valence-corrected chi connectivity index (χ2v) is 5.94. The van der Waals surface area contributed by atoms with Crippen molar-refractivity contribution in [1.82, 2.24) is 9.97 Å². The van der Waals surface area contributed by atoms with Gasteiger partial charge in [-0.2, -0.15) is 4.98 Å². The molecule has 0 radical (unpaired) electrons. The van der Waals surface area contributed by atoms with Crippen LogP contribution in [0, 0.1) is 0 Å². The highest BCUT2D eigenvalue weighted by Gasteiger charge is 2.28. The molecule has 6 heteroatoms. The molecule has 2 N–H and O–H groups in total. The molecule has 0 aliphatic heterocycles. The van der Waals surface area contributed by atoms with Crippen molar-refractivity contribution in [1.29, 1.82) is 0 Å². The molecule has 0 saturated heterocycles. The molecule has 0 bridgehead atoms. The lowest BCUT2D eigenvalue weighted by Gasteiger charge is -2.33. The molecule has 17 heavy (non-hydrogen) atoms. The van der Waals surface area contributed by atoms with Gasteiger partial charge in [-0.1, -0.05) is 0 Å².